The van der Waals surface area contributed by atoms with Gasteiger partial charge in [-0.1, -0.05) is 0 Å². The molecular weight excluding hydrogens is 221 g/mol. The van der Waals surface area contributed by atoms with E-state index in [0.717, 1.165) is 12.2 Å². The summed E-state index contributed by atoms with van der Waals surface area (Å²) < 4.78 is 39.3. The predicted octanol–water partition coefficient (Wildman–Crippen LogP) is 1.17. The molecule has 0 fully saturated rings. The average molecular weight is 231 g/mol. The highest BCUT2D eigenvalue weighted by atomic mass is 32.3. The van der Waals surface area contributed by atoms with Crippen LogP contribution in [0.3, 0.4) is 0 Å². The molecule has 0 unspecified atom stereocenters. The highest BCUT2D eigenvalue weighted by molar-refractivity contribution is 7.86. The Morgan fingerprint density at radius 3 is 2.87 bits per heavy atom. The van der Waals surface area contributed by atoms with E-state index >= 15 is 0 Å². The van der Waals surface area contributed by atoms with Crippen molar-refractivity contribution in [1.29, 1.82) is 0 Å². The molecule has 0 saturated heterocycles. The van der Waals surface area contributed by atoms with E-state index in [2.05, 4.69) is 0 Å². The smallest absolute Gasteiger partial charge is 0.332 e. The monoisotopic (exact) mass is 231 g/mol. The van der Waals surface area contributed by atoms with Gasteiger partial charge in [-0.05, 0) is 12.1 Å². The van der Waals surface area contributed by atoms with Crippen LogP contribution in [0.5, 0.6) is 5.75 Å². The number of fused-ring (bicyclic) bond motifs is 1. The first kappa shape index (κ1) is 10.2. The minimum atomic E-state index is -4.65. The summed E-state index contributed by atoms with van der Waals surface area (Å²) in [6.07, 6.45) is 0. The van der Waals surface area contributed by atoms with Crippen LogP contribution >= 0.6 is 0 Å². The van der Waals surface area contributed by atoms with Gasteiger partial charge in [-0.15, -0.1) is 3.89 Å². The maximum atomic E-state index is 12.7. The number of benzene rings is 1. The van der Waals surface area contributed by atoms with Crippen molar-refractivity contribution in [2.75, 3.05) is 25.1 Å². The fourth-order valence-electron chi connectivity index (χ4n) is 1.49. The molecule has 6 heteroatoms. The molecule has 0 aromatic heterocycles. The molecule has 0 amide bonds. The highest BCUT2D eigenvalue weighted by Gasteiger charge is 2.19. The fraction of sp³-hybridized carbons (Fsp3) is 0.333. The Kier molecular flexibility index (Phi) is 2.30. The number of hydrogen-bond acceptors (Lipinski definition) is 4. The maximum absolute atomic E-state index is 12.7. The molecule has 4 nitrogen and oxygen atoms in total. The van der Waals surface area contributed by atoms with Crippen molar-refractivity contribution in [2.24, 2.45) is 0 Å². The van der Waals surface area contributed by atoms with E-state index in [9.17, 15) is 12.3 Å². The lowest BCUT2D eigenvalue weighted by Gasteiger charge is -2.27. The Balaban J connectivity index is 2.51. The lowest BCUT2D eigenvalue weighted by atomic mass is 10.2. The normalized spacial score (nSPS) is 15.7. The zero-order valence-corrected chi connectivity index (χ0v) is 8.92. The summed E-state index contributed by atoms with van der Waals surface area (Å²) in [6, 6.07) is 3.99. The third-order valence-electron chi connectivity index (χ3n) is 2.31. The molecule has 1 aliphatic rings. The number of likely N-dealkylation sites (N-methyl/N-ethyl adjacent to an activating group) is 1. The van der Waals surface area contributed by atoms with Crippen molar-refractivity contribution in [2.45, 2.75) is 4.90 Å². The first-order valence-electron chi connectivity index (χ1n) is 4.41. The number of halogens is 1. The van der Waals surface area contributed by atoms with Crippen molar-refractivity contribution in [3.8, 4) is 5.75 Å². The summed E-state index contributed by atoms with van der Waals surface area (Å²) >= 11 is 0. The van der Waals surface area contributed by atoms with Crippen molar-refractivity contribution in [3.05, 3.63) is 18.2 Å². The van der Waals surface area contributed by atoms with Gasteiger partial charge >= 0.3 is 10.2 Å². The molecule has 1 aliphatic heterocycles. The Morgan fingerprint density at radius 1 is 1.47 bits per heavy atom. The van der Waals surface area contributed by atoms with E-state index in [1.54, 1.807) is 6.07 Å². The van der Waals surface area contributed by atoms with Crippen LogP contribution in [0.1, 0.15) is 0 Å². The molecule has 0 radical (unpaired) electrons. The molecule has 1 aromatic rings. The van der Waals surface area contributed by atoms with Gasteiger partial charge in [0.2, 0.25) is 0 Å². The number of nitrogens with zero attached hydrogens (tertiary/aromatic N) is 1. The number of hydrogen-bond donors (Lipinski definition) is 0. The first-order valence-corrected chi connectivity index (χ1v) is 5.79. The number of ether oxygens (including phenoxy) is 1. The van der Waals surface area contributed by atoms with Crippen LogP contribution in [0.4, 0.5) is 9.57 Å². The largest absolute Gasteiger partial charge is 0.490 e. The predicted molar refractivity (Wildman–Crippen MR) is 53.5 cm³/mol. The van der Waals surface area contributed by atoms with E-state index in [-0.39, 0.29) is 4.90 Å². The van der Waals surface area contributed by atoms with Gasteiger partial charge in [0.05, 0.1) is 12.2 Å². The van der Waals surface area contributed by atoms with Crippen molar-refractivity contribution >= 4 is 15.9 Å². The molecule has 82 valence electrons. The van der Waals surface area contributed by atoms with E-state index in [0.29, 0.717) is 12.4 Å². The molecule has 1 aromatic carbocycles. The van der Waals surface area contributed by atoms with Gasteiger partial charge in [-0.25, -0.2) is 0 Å². The van der Waals surface area contributed by atoms with Gasteiger partial charge in [0.15, 0.2) is 0 Å². The van der Waals surface area contributed by atoms with Gasteiger partial charge in [0, 0.05) is 13.1 Å². The second-order valence-electron chi connectivity index (χ2n) is 3.34. The Labute approximate surface area is 87.5 Å². The van der Waals surface area contributed by atoms with E-state index < -0.39 is 10.2 Å². The fourth-order valence-corrected chi connectivity index (χ4v) is 1.97. The zero-order chi connectivity index (χ0) is 11.1. The zero-order valence-electron chi connectivity index (χ0n) is 8.10. The molecule has 0 atom stereocenters. The summed E-state index contributed by atoms with van der Waals surface area (Å²) in [5.41, 5.74) is 0.772. The molecule has 0 N–H and O–H groups in total. The lowest BCUT2D eigenvalue weighted by Crippen LogP contribution is -2.28. The van der Waals surface area contributed by atoms with Crippen molar-refractivity contribution < 1.29 is 17.0 Å². The first-order chi connectivity index (χ1) is 6.98. The van der Waals surface area contributed by atoms with Crippen LogP contribution < -0.4 is 9.64 Å². The minimum Gasteiger partial charge on any atom is -0.490 e. The van der Waals surface area contributed by atoms with E-state index in [1.165, 1.54) is 12.1 Å². The standard InChI is InChI=1S/C9H10FNO3S/c1-11-4-5-14-9-6-7(15(10,12)13)2-3-8(9)11/h2-3,6H,4-5H2,1H3. The summed E-state index contributed by atoms with van der Waals surface area (Å²) in [7, 11) is -2.79. The number of rotatable bonds is 1. The Morgan fingerprint density at radius 2 is 2.20 bits per heavy atom. The van der Waals surface area contributed by atoms with Gasteiger partial charge in [-0.2, -0.15) is 8.42 Å². The molecule has 2 rings (SSSR count). The topological polar surface area (TPSA) is 46.6 Å². The highest BCUT2D eigenvalue weighted by Crippen LogP contribution is 2.33. The van der Waals surface area contributed by atoms with Gasteiger partial charge in [0.1, 0.15) is 17.3 Å². The minimum absolute atomic E-state index is 0.364. The number of anilines is 1. The summed E-state index contributed by atoms with van der Waals surface area (Å²) in [4.78, 5) is 1.56. The van der Waals surface area contributed by atoms with E-state index in [1.807, 2.05) is 11.9 Å². The third-order valence-corrected chi connectivity index (χ3v) is 3.13. The van der Waals surface area contributed by atoms with Crippen LogP contribution in [0, 0.1) is 0 Å². The average Bonchev–Trinajstić information content (AvgIpc) is 2.16. The van der Waals surface area contributed by atoms with Crippen LogP contribution in [-0.2, 0) is 10.2 Å². The summed E-state index contributed by atoms with van der Waals surface area (Å²) in [5.74, 6) is 0.405. The SMILES string of the molecule is CN1CCOc2cc(S(=O)(=O)F)ccc21. The van der Waals surface area contributed by atoms with Crippen molar-refractivity contribution in [1.82, 2.24) is 0 Å². The Hall–Kier alpha value is -1.30. The molecule has 0 bridgehead atoms. The maximum Gasteiger partial charge on any atom is 0.332 e. The van der Waals surface area contributed by atoms with E-state index in [4.69, 9.17) is 4.74 Å². The second kappa shape index (κ2) is 3.37. The van der Waals surface area contributed by atoms with Gasteiger partial charge in [-0.3, -0.25) is 0 Å². The second-order valence-corrected chi connectivity index (χ2v) is 4.68. The van der Waals surface area contributed by atoms with Gasteiger partial charge in [0.25, 0.3) is 0 Å². The molecule has 0 aliphatic carbocycles. The molecular formula is C9H10FNO3S. The van der Waals surface area contributed by atoms with Crippen LogP contribution in [0.25, 0.3) is 0 Å². The summed E-state index contributed by atoms with van der Waals surface area (Å²) in [5, 5.41) is 0. The van der Waals surface area contributed by atoms with Crippen molar-refractivity contribution in [3.63, 3.8) is 0 Å². The van der Waals surface area contributed by atoms with Crippen LogP contribution in [-0.4, -0.2) is 28.6 Å². The third kappa shape index (κ3) is 1.90. The quantitative estimate of drug-likeness (QED) is 0.681. The molecule has 0 saturated carbocycles. The molecule has 1 heterocycles. The Bertz CT molecular complexity index is 486. The van der Waals surface area contributed by atoms with Gasteiger partial charge < -0.3 is 9.64 Å². The van der Waals surface area contributed by atoms with Crippen LogP contribution in [0.2, 0.25) is 0 Å². The lowest BCUT2D eigenvalue weighted by molar-refractivity contribution is 0.310. The molecule has 0 spiro atoms. The summed E-state index contributed by atoms with van der Waals surface area (Å²) in [6.45, 7) is 1.20. The van der Waals surface area contributed by atoms with Crippen LogP contribution in [0.15, 0.2) is 23.1 Å². The molecule has 15 heavy (non-hydrogen) atoms.